The Bertz CT molecular complexity index is 1200. The van der Waals surface area contributed by atoms with Crippen molar-refractivity contribution in [3.05, 3.63) is 59.8 Å². The summed E-state index contributed by atoms with van der Waals surface area (Å²) in [6, 6.07) is 15.8. The molecule has 3 aromatic rings. The molecule has 7 heteroatoms. The average Bonchev–Trinajstić information content (AvgIpc) is 3.17. The van der Waals surface area contributed by atoms with Gasteiger partial charge in [0, 0.05) is 56.2 Å². The molecule has 1 saturated heterocycles. The summed E-state index contributed by atoms with van der Waals surface area (Å²) in [5, 5.41) is 0.855. The third-order valence-corrected chi connectivity index (χ3v) is 6.37. The van der Waals surface area contributed by atoms with E-state index in [-0.39, 0.29) is 17.7 Å². The lowest BCUT2D eigenvalue weighted by atomic mass is 9.85. The molecule has 1 amide bonds. The lowest BCUT2D eigenvalue weighted by Gasteiger charge is -2.38. The summed E-state index contributed by atoms with van der Waals surface area (Å²) in [5.74, 6) is 0.000605. The zero-order valence-electron chi connectivity index (χ0n) is 20.6. The van der Waals surface area contributed by atoms with Crippen LogP contribution in [0.2, 0.25) is 0 Å². The number of hydrogen-bond acceptors (Lipinski definition) is 5. The molecule has 2 aromatic carbocycles. The normalized spacial score (nSPS) is 14.4. The predicted octanol–water partition coefficient (Wildman–Crippen LogP) is 4.69. The fourth-order valence-electron chi connectivity index (χ4n) is 4.43. The second-order valence-electron chi connectivity index (χ2n) is 9.75. The number of carbonyl (C=O) groups excluding carboxylic acids is 2. The number of piperazine rings is 1. The van der Waals surface area contributed by atoms with Crippen LogP contribution in [-0.4, -0.2) is 47.5 Å². The first kappa shape index (κ1) is 23.7. The number of nitrogens with zero attached hydrogens (tertiary/aromatic N) is 3. The molecule has 0 radical (unpaired) electrons. The van der Waals surface area contributed by atoms with Gasteiger partial charge in [0.25, 0.3) is 5.91 Å². The molecule has 4 rings (SSSR count). The lowest BCUT2D eigenvalue weighted by molar-refractivity contribution is -0.213. The first-order valence-corrected chi connectivity index (χ1v) is 11.8. The fraction of sp³-hybridized carbons (Fsp3) is 0.407. The van der Waals surface area contributed by atoms with Crippen LogP contribution in [0.4, 0.5) is 5.69 Å². The quantitative estimate of drug-likeness (QED) is 0.406. The highest BCUT2D eigenvalue weighted by Crippen LogP contribution is 2.32. The Balaban J connectivity index is 1.48. The Kier molecular flexibility index (Phi) is 6.55. The summed E-state index contributed by atoms with van der Waals surface area (Å²) in [6.07, 6.45) is 0.237. The van der Waals surface area contributed by atoms with Crippen LogP contribution in [0.1, 0.15) is 50.2 Å². The lowest BCUT2D eigenvalue weighted by Crippen LogP contribution is -2.49. The van der Waals surface area contributed by atoms with Gasteiger partial charge in [-0.3, -0.25) is 14.6 Å². The van der Waals surface area contributed by atoms with Crippen molar-refractivity contribution in [2.24, 2.45) is 7.05 Å². The van der Waals surface area contributed by atoms with Crippen LogP contribution in [0.5, 0.6) is 5.75 Å². The van der Waals surface area contributed by atoms with Crippen molar-refractivity contribution in [1.29, 1.82) is 0 Å². The number of anilines is 1. The number of aryl methyl sites for hydroxylation is 1. The van der Waals surface area contributed by atoms with Crippen molar-refractivity contribution in [1.82, 2.24) is 9.47 Å². The second kappa shape index (κ2) is 9.41. The van der Waals surface area contributed by atoms with Crippen LogP contribution in [0.25, 0.3) is 10.9 Å². The Hall–Kier alpha value is -3.48. The minimum atomic E-state index is -0.437. The van der Waals surface area contributed by atoms with E-state index in [4.69, 9.17) is 9.78 Å². The first-order chi connectivity index (χ1) is 16.2. The maximum absolute atomic E-state index is 13.4. The molecule has 0 N–H and O–H groups in total. The van der Waals surface area contributed by atoms with Crippen molar-refractivity contribution in [3.8, 4) is 5.75 Å². The number of fused-ring (bicyclic) bond motifs is 1. The molecule has 0 bridgehead atoms. The van der Waals surface area contributed by atoms with Gasteiger partial charge in [0.05, 0.1) is 0 Å². The number of hydrogen-bond donors (Lipinski definition) is 0. The summed E-state index contributed by atoms with van der Waals surface area (Å²) >= 11 is 0. The van der Waals surface area contributed by atoms with E-state index in [0.717, 1.165) is 24.0 Å². The molecule has 1 aromatic heterocycles. The van der Waals surface area contributed by atoms with Crippen LogP contribution in [0.3, 0.4) is 0 Å². The fourth-order valence-corrected chi connectivity index (χ4v) is 4.43. The monoisotopic (exact) mass is 463 g/mol. The number of para-hydroxylation sites is 1. The van der Waals surface area contributed by atoms with Crippen molar-refractivity contribution >= 4 is 28.5 Å². The van der Waals surface area contributed by atoms with E-state index in [9.17, 15) is 9.59 Å². The maximum Gasteiger partial charge on any atom is 0.355 e. The number of benzene rings is 2. The summed E-state index contributed by atoms with van der Waals surface area (Å²) in [5.41, 5.74) is 4.18. The number of carbonyl (C=O) groups is 2. The molecule has 1 aliphatic rings. The molecule has 0 spiro atoms. The van der Waals surface area contributed by atoms with Gasteiger partial charge in [0.15, 0.2) is 5.75 Å². The number of aromatic nitrogens is 1. The van der Waals surface area contributed by atoms with Crippen LogP contribution >= 0.6 is 0 Å². The molecule has 7 nitrogen and oxygen atoms in total. The van der Waals surface area contributed by atoms with Gasteiger partial charge in [-0.05, 0) is 41.3 Å². The SMILES string of the molecule is CCC(=O)OOc1ccc2c(c1)cc(C(=O)N1CCN(c3ccccc3C(C)(C)C)CC1)n2C. The molecule has 0 saturated carbocycles. The van der Waals surface area contributed by atoms with Crippen molar-refractivity contribution in [2.75, 3.05) is 31.1 Å². The van der Waals surface area contributed by atoms with Crippen LogP contribution in [-0.2, 0) is 22.1 Å². The zero-order valence-corrected chi connectivity index (χ0v) is 20.6. The third-order valence-electron chi connectivity index (χ3n) is 6.37. The van der Waals surface area contributed by atoms with E-state index < -0.39 is 5.97 Å². The van der Waals surface area contributed by atoms with Gasteiger partial charge in [0.2, 0.25) is 0 Å². The highest BCUT2D eigenvalue weighted by Gasteiger charge is 2.27. The van der Waals surface area contributed by atoms with Gasteiger partial charge in [-0.1, -0.05) is 45.9 Å². The van der Waals surface area contributed by atoms with Crippen LogP contribution < -0.4 is 9.79 Å². The summed E-state index contributed by atoms with van der Waals surface area (Å²) in [4.78, 5) is 38.9. The van der Waals surface area contributed by atoms with Crippen molar-refractivity contribution in [2.45, 2.75) is 39.5 Å². The van der Waals surface area contributed by atoms with Crippen molar-refractivity contribution in [3.63, 3.8) is 0 Å². The molecule has 0 aliphatic carbocycles. The van der Waals surface area contributed by atoms with Gasteiger partial charge >= 0.3 is 5.97 Å². The van der Waals surface area contributed by atoms with E-state index in [1.807, 2.05) is 28.6 Å². The van der Waals surface area contributed by atoms with E-state index in [2.05, 4.69) is 49.9 Å². The predicted molar refractivity (Wildman–Crippen MR) is 133 cm³/mol. The summed E-state index contributed by atoms with van der Waals surface area (Å²) < 4.78 is 1.90. The minimum absolute atomic E-state index is 0.0161. The average molecular weight is 464 g/mol. The topological polar surface area (TPSA) is 64.0 Å². The third kappa shape index (κ3) is 4.74. The Morgan fingerprint density at radius 1 is 0.971 bits per heavy atom. The van der Waals surface area contributed by atoms with Crippen LogP contribution in [0, 0.1) is 0 Å². The molecule has 2 heterocycles. The molecule has 0 unspecified atom stereocenters. The molecule has 180 valence electrons. The smallest absolute Gasteiger partial charge is 0.355 e. The minimum Gasteiger partial charge on any atom is -0.368 e. The van der Waals surface area contributed by atoms with Gasteiger partial charge < -0.3 is 14.4 Å². The maximum atomic E-state index is 13.4. The summed E-state index contributed by atoms with van der Waals surface area (Å²) in [7, 11) is 1.89. The van der Waals surface area contributed by atoms with Gasteiger partial charge in [-0.25, -0.2) is 4.79 Å². The number of amides is 1. The Morgan fingerprint density at radius 3 is 2.35 bits per heavy atom. The number of rotatable bonds is 5. The van der Waals surface area contributed by atoms with Gasteiger partial charge in [-0.15, -0.1) is 0 Å². The van der Waals surface area contributed by atoms with Crippen molar-refractivity contribution < 1.29 is 19.4 Å². The molecular formula is C27H33N3O4. The van der Waals surface area contributed by atoms with E-state index in [0.29, 0.717) is 24.5 Å². The largest absolute Gasteiger partial charge is 0.368 e. The van der Waals surface area contributed by atoms with E-state index >= 15 is 0 Å². The molecule has 34 heavy (non-hydrogen) atoms. The first-order valence-electron chi connectivity index (χ1n) is 11.8. The molecule has 1 aliphatic heterocycles. The van der Waals surface area contributed by atoms with Gasteiger partial charge in [-0.2, -0.15) is 0 Å². The van der Waals surface area contributed by atoms with E-state index in [1.54, 1.807) is 19.1 Å². The van der Waals surface area contributed by atoms with Gasteiger partial charge in [0.1, 0.15) is 5.69 Å². The van der Waals surface area contributed by atoms with E-state index in [1.165, 1.54) is 11.3 Å². The second-order valence-corrected chi connectivity index (χ2v) is 9.75. The molecule has 0 atom stereocenters. The standard InChI is InChI=1S/C27H33N3O4/c1-6-25(31)34-33-20-11-12-22-19(17-20)18-24(28(22)5)26(32)30-15-13-29(14-16-30)23-10-8-7-9-21(23)27(2,3)4/h7-12,17-18H,6,13-16H2,1-5H3. The zero-order chi connectivity index (χ0) is 24.5. The molecular weight excluding hydrogens is 430 g/mol. The summed E-state index contributed by atoms with van der Waals surface area (Å²) in [6.45, 7) is 11.3. The Morgan fingerprint density at radius 2 is 1.68 bits per heavy atom. The highest BCUT2D eigenvalue weighted by molar-refractivity contribution is 5.99. The highest BCUT2D eigenvalue weighted by atomic mass is 17.2. The van der Waals surface area contributed by atoms with Crippen LogP contribution in [0.15, 0.2) is 48.5 Å². The Labute approximate surface area is 200 Å². The molecule has 1 fully saturated rings.